The fourth-order valence-electron chi connectivity index (χ4n) is 0.463. The van der Waals surface area contributed by atoms with Crippen LogP contribution in [-0.2, 0) is 0 Å². The lowest BCUT2D eigenvalue weighted by Crippen LogP contribution is -1.91. The maximum absolute atomic E-state index is 3.83. The minimum atomic E-state index is 0.604. The normalized spacial score (nSPS) is 9.31. The van der Waals surface area contributed by atoms with E-state index in [-0.39, 0.29) is 0 Å². The fourth-order valence-corrected chi connectivity index (χ4v) is 0.463. The zero-order valence-electron chi connectivity index (χ0n) is 10.1. The maximum Gasteiger partial charge on any atom is -0.0199 e. The predicted octanol–water partition coefficient (Wildman–Crippen LogP) is 4.99. The zero-order valence-corrected chi connectivity index (χ0v) is 10.1. The topological polar surface area (TPSA) is 0 Å². The molecule has 0 aliphatic carbocycles. The van der Waals surface area contributed by atoms with Crippen LogP contribution in [0, 0.1) is 5.92 Å². The fraction of sp³-hybridized carbons (Fsp3) is 0.538. The number of allylic oxidation sites excluding steroid dienone is 3. The second-order valence-corrected chi connectivity index (χ2v) is 2.50. The van der Waals surface area contributed by atoms with Gasteiger partial charge in [-0.3, -0.25) is 0 Å². The molecule has 0 aromatic rings. The van der Waals surface area contributed by atoms with Crippen LogP contribution in [0.3, 0.4) is 0 Å². The molecule has 0 radical (unpaired) electrons. The van der Waals surface area contributed by atoms with Crippen LogP contribution in [0.25, 0.3) is 0 Å². The molecule has 0 heterocycles. The third-order valence-corrected chi connectivity index (χ3v) is 1.51. The molecule has 0 saturated heterocycles. The van der Waals surface area contributed by atoms with Crippen molar-refractivity contribution in [2.24, 2.45) is 5.92 Å². The van der Waals surface area contributed by atoms with Gasteiger partial charge in [-0.15, -0.1) is 6.58 Å². The van der Waals surface area contributed by atoms with Gasteiger partial charge in [0.05, 0.1) is 0 Å². The Hall–Kier alpha value is -0.780. The van der Waals surface area contributed by atoms with Gasteiger partial charge in [0.15, 0.2) is 0 Å². The Morgan fingerprint density at radius 3 is 1.69 bits per heavy atom. The van der Waals surface area contributed by atoms with Crippen LogP contribution in [0.4, 0.5) is 0 Å². The summed E-state index contributed by atoms with van der Waals surface area (Å²) in [6, 6.07) is 0. The minimum Gasteiger partial charge on any atom is -0.103 e. The van der Waals surface area contributed by atoms with Crippen LogP contribution < -0.4 is 0 Å². The molecule has 1 unspecified atom stereocenters. The first kappa shape index (κ1) is 18.1. The van der Waals surface area contributed by atoms with E-state index in [4.69, 9.17) is 0 Å². The van der Waals surface area contributed by atoms with E-state index in [0.29, 0.717) is 5.92 Å². The van der Waals surface area contributed by atoms with Crippen molar-refractivity contribution in [2.45, 2.75) is 41.0 Å². The van der Waals surface area contributed by atoms with Crippen LogP contribution >= 0.6 is 0 Å². The van der Waals surface area contributed by atoms with E-state index >= 15 is 0 Å². The monoisotopic (exact) mass is 182 g/mol. The number of hydrogen-bond acceptors (Lipinski definition) is 0. The molecule has 0 heteroatoms. The van der Waals surface area contributed by atoms with E-state index in [1.165, 1.54) is 0 Å². The Bertz CT molecular complexity index is 120. The summed E-state index contributed by atoms with van der Waals surface area (Å²) < 4.78 is 0. The molecule has 0 spiro atoms. The van der Waals surface area contributed by atoms with Gasteiger partial charge in [0, 0.05) is 0 Å². The van der Waals surface area contributed by atoms with Crippen LogP contribution in [0.2, 0.25) is 0 Å². The van der Waals surface area contributed by atoms with Crippen molar-refractivity contribution >= 4 is 0 Å². The van der Waals surface area contributed by atoms with E-state index in [1.54, 1.807) is 6.08 Å². The molecular weight excluding hydrogens is 156 g/mol. The van der Waals surface area contributed by atoms with E-state index in [0.717, 1.165) is 12.0 Å². The van der Waals surface area contributed by atoms with E-state index in [1.807, 2.05) is 26.8 Å². The van der Waals surface area contributed by atoms with Crippen LogP contribution in [0.1, 0.15) is 41.0 Å². The van der Waals surface area contributed by atoms with Crippen LogP contribution in [0.5, 0.6) is 0 Å². The number of hydrogen-bond donors (Lipinski definition) is 0. The van der Waals surface area contributed by atoms with E-state index in [9.17, 15) is 0 Å². The minimum absolute atomic E-state index is 0.604. The average molecular weight is 182 g/mol. The zero-order chi connectivity index (χ0) is 11.3. The standard InChI is InChI=1S/C8H14.C3H6.C2H6/c1-5-7(3)8(4)6-2;1-3-2;1-2/h5,8H,1,3,6H2,2,4H3;3H,1H2,2H3;1-2H3. The maximum atomic E-state index is 3.83. The van der Waals surface area contributed by atoms with Gasteiger partial charge in [-0.25, -0.2) is 0 Å². The quantitative estimate of drug-likeness (QED) is 0.426. The van der Waals surface area contributed by atoms with E-state index < -0.39 is 0 Å². The lowest BCUT2D eigenvalue weighted by molar-refractivity contribution is 0.673. The molecule has 78 valence electrons. The molecule has 0 N–H and O–H groups in total. The highest BCUT2D eigenvalue weighted by atomic mass is 14.0. The summed E-state index contributed by atoms with van der Waals surface area (Å²) in [6.07, 6.45) is 4.74. The lowest BCUT2D eigenvalue weighted by Gasteiger charge is -2.05. The van der Waals surface area contributed by atoms with Crippen molar-refractivity contribution in [2.75, 3.05) is 0 Å². The molecule has 0 aromatic heterocycles. The molecule has 0 rings (SSSR count). The first-order valence-corrected chi connectivity index (χ1v) is 5.02. The molecule has 0 aliphatic rings. The van der Waals surface area contributed by atoms with Gasteiger partial charge in [-0.1, -0.05) is 58.6 Å². The average Bonchev–Trinajstić information content (AvgIpc) is 2.19. The summed E-state index contributed by atoms with van der Waals surface area (Å²) in [6.45, 7) is 21.0. The van der Waals surface area contributed by atoms with Gasteiger partial charge < -0.3 is 0 Å². The Morgan fingerprint density at radius 2 is 1.62 bits per heavy atom. The van der Waals surface area contributed by atoms with Crippen molar-refractivity contribution in [3.8, 4) is 0 Å². The summed E-state index contributed by atoms with van der Waals surface area (Å²) in [5, 5.41) is 0. The Balaban J connectivity index is -0.000000169. The highest BCUT2D eigenvalue weighted by molar-refractivity contribution is 5.13. The smallest absolute Gasteiger partial charge is 0.0199 e. The summed E-state index contributed by atoms with van der Waals surface area (Å²) in [5.74, 6) is 0.604. The Morgan fingerprint density at radius 1 is 1.31 bits per heavy atom. The summed E-state index contributed by atoms with van der Waals surface area (Å²) in [4.78, 5) is 0. The molecule has 0 aromatic carbocycles. The SMILES string of the molecule is C=CC.C=CC(=C)C(C)CC.CC. The highest BCUT2D eigenvalue weighted by Crippen LogP contribution is 2.11. The van der Waals surface area contributed by atoms with Gasteiger partial charge in [-0.05, 0) is 19.3 Å². The second kappa shape index (κ2) is 17.3. The van der Waals surface area contributed by atoms with Gasteiger partial charge >= 0.3 is 0 Å². The highest BCUT2D eigenvalue weighted by Gasteiger charge is 1.96. The first-order valence-electron chi connectivity index (χ1n) is 5.02. The van der Waals surface area contributed by atoms with Gasteiger partial charge in [0.2, 0.25) is 0 Å². The molecule has 1 atom stereocenters. The van der Waals surface area contributed by atoms with Crippen molar-refractivity contribution in [1.82, 2.24) is 0 Å². The second-order valence-electron chi connectivity index (χ2n) is 2.50. The molecule has 0 fully saturated rings. The van der Waals surface area contributed by atoms with Crippen LogP contribution in [0.15, 0.2) is 37.5 Å². The lowest BCUT2D eigenvalue weighted by atomic mass is 10.0. The van der Waals surface area contributed by atoms with Crippen molar-refractivity contribution in [1.29, 1.82) is 0 Å². The summed E-state index contributed by atoms with van der Waals surface area (Å²) in [5.41, 5.74) is 1.15. The van der Waals surface area contributed by atoms with Gasteiger partial charge in [-0.2, -0.15) is 0 Å². The van der Waals surface area contributed by atoms with Crippen LogP contribution in [-0.4, -0.2) is 0 Å². The molecule has 0 amide bonds. The molecule has 0 bridgehead atoms. The third kappa shape index (κ3) is 18.3. The summed E-state index contributed by atoms with van der Waals surface area (Å²) >= 11 is 0. The first-order chi connectivity index (χ1) is 6.13. The van der Waals surface area contributed by atoms with Crippen molar-refractivity contribution in [3.63, 3.8) is 0 Å². The molecular formula is C13H26. The molecule has 0 saturated carbocycles. The van der Waals surface area contributed by atoms with Gasteiger partial charge in [0.1, 0.15) is 0 Å². The van der Waals surface area contributed by atoms with Gasteiger partial charge in [0.25, 0.3) is 0 Å². The molecule has 0 aliphatic heterocycles. The third-order valence-electron chi connectivity index (χ3n) is 1.51. The van der Waals surface area contributed by atoms with Crippen molar-refractivity contribution < 1.29 is 0 Å². The Labute approximate surface area is 85.1 Å². The largest absolute Gasteiger partial charge is 0.103 e. The number of rotatable bonds is 3. The Kier molecular flexibility index (Phi) is 24.1. The molecule has 13 heavy (non-hydrogen) atoms. The molecule has 0 nitrogen and oxygen atoms in total. The summed E-state index contributed by atoms with van der Waals surface area (Å²) in [7, 11) is 0. The van der Waals surface area contributed by atoms with Crippen molar-refractivity contribution in [3.05, 3.63) is 37.5 Å². The van der Waals surface area contributed by atoms with E-state index in [2.05, 4.69) is 33.6 Å². The predicted molar refractivity (Wildman–Crippen MR) is 66.0 cm³/mol.